The molecule has 0 radical (unpaired) electrons. The summed E-state index contributed by atoms with van der Waals surface area (Å²) < 4.78 is 7.42. The molecule has 0 fully saturated rings. The summed E-state index contributed by atoms with van der Waals surface area (Å²) in [4.78, 5) is 1.35. The molecule has 17 heavy (non-hydrogen) atoms. The molecule has 0 aliphatic heterocycles. The van der Waals surface area contributed by atoms with Crippen LogP contribution in [0.25, 0.3) is 0 Å². The molecule has 0 aromatic carbocycles. The van der Waals surface area contributed by atoms with Crippen LogP contribution in [0.15, 0.2) is 29.9 Å². The first kappa shape index (κ1) is 12.1. The summed E-state index contributed by atoms with van der Waals surface area (Å²) in [6, 6.07) is 4.20. The normalized spacial score (nSPS) is 10.6. The van der Waals surface area contributed by atoms with Crippen LogP contribution in [0.4, 0.5) is 0 Å². The molecule has 0 unspecified atom stereocenters. The fraction of sp³-hybridized carbons (Fsp3) is 0.417. The molecule has 0 aliphatic carbocycles. The average molecular weight is 251 g/mol. The largest absolute Gasteiger partial charge is 0.489 e. The second-order valence-corrected chi connectivity index (χ2v) is 4.67. The van der Waals surface area contributed by atoms with Crippen LogP contribution in [0, 0.1) is 0 Å². The van der Waals surface area contributed by atoms with Crippen LogP contribution in [0.3, 0.4) is 0 Å². The molecule has 2 rings (SSSR count). The van der Waals surface area contributed by atoms with Gasteiger partial charge in [-0.05, 0) is 18.4 Å². The van der Waals surface area contributed by atoms with Gasteiger partial charge in [-0.3, -0.25) is 4.68 Å². The van der Waals surface area contributed by atoms with Crippen LogP contribution < -0.4 is 10.1 Å². The Kier molecular flexibility index (Phi) is 4.58. The third kappa shape index (κ3) is 3.87. The lowest BCUT2D eigenvalue weighted by molar-refractivity contribution is 0.313. The van der Waals surface area contributed by atoms with E-state index in [1.165, 1.54) is 4.88 Å². The molecule has 2 heterocycles. The predicted octanol–water partition coefficient (Wildman–Crippen LogP) is 2.13. The molecule has 0 saturated heterocycles. The minimum Gasteiger partial charge on any atom is -0.489 e. The minimum absolute atomic E-state index is 0.667. The summed E-state index contributed by atoms with van der Waals surface area (Å²) in [5.74, 6) is 0.838. The van der Waals surface area contributed by atoms with Crippen molar-refractivity contribution in [3.05, 3.63) is 34.8 Å². The summed E-state index contributed by atoms with van der Waals surface area (Å²) in [5.41, 5.74) is 0. The molecule has 0 saturated carbocycles. The lowest BCUT2D eigenvalue weighted by Crippen LogP contribution is -2.19. The first-order chi connectivity index (χ1) is 8.38. The van der Waals surface area contributed by atoms with E-state index in [1.54, 1.807) is 17.5 Å². The zero-order chi connectivity index (χ0) is 11.9. The van der Waals surface area contributed by atoms with Crippen molar-refractivity contribution in [2.75, 3.05) is 13.2 Å². The van der Waals surface area contributed by atoms with Crippen molar-refractivity contribution in [2.45, 2.75) is 20.0 Å². The number of nitrogens with zero attached hydrogens (tertiary/aromatic N) is 2. The van der Waals surface area contributed by atoms with Crippen LogP contribution in [-0.2, 0) is 13.1 Å². The smallest absolute Gasteiger partial charge is 0.157 e. The number of hydrogen-bond acceptors (Lipinski definition) is 4. The fourth-order valence-electron chi connectivity index (χ4n) is 1.46. The van der Waals surface area contributed by atoms with E-state index in [1.807, 2.05) is 10.9 Å². The summed E-state index contributed by atoms with van der Waals surface area (Å²) in [7, 11) is 0. The van der Waals surface area contributed by atoms with Gasteiger partial charge in [-0.2, -0.15) is 5.10 Å². The monoisotopic (exact) mass is 251 g/mol. The molecule has 0 aliphatic rings. The maximum absolute atomic E-state index is 5.57. The lowest BCUT2D eigenvalue weighted by atomic mass is 10.4. The molecule has 0 bridgehead atoms. The third-order valence-electron chi connectivity index (χ3n) is 2.36. The van der Waals surface area contributed by atoms with Gasteiger partial charge in [-0.25, -0.2) is 0 Å². The molecule has 0 amide bonds. The Labute approximate surface area is 105 Å². The SMILES string of the molecule is CCn1cc(OCCNCc2cccs2)cn1. The maximum Gasteiger partial charge on any atom is 0.157 e. The lowest BCUT2D eigenvalue weighted by Gasteiger charge is -2.04. The topological polar surface area (TPSA) is 39.1 Å². The number of ether oxygens (including phenoxy) is 1. The Morgan fingerprint density at radius 3 is 3.18 bits per heavy atom. The Morgan fingerprint density at radius 2 is 2.47 bits per heavy atom. The van der Waals surface area contributed by atoms with Gasteiger partial charge in [0.25, 0.3) is 0 Å². The molecule has 0 spiro atoms. The second kappa shape index (κ2) is 6.42. The first-order valence-electron chi connectivity index (χ1n) is 5.77. The molecule has 92 valence electrons. The summed E-state index contributed by atoms with van der Waals surface area (Å²) >= 11 is 1.77. The van der Waals surface area contributed by atoms with Crippen molar-refractivity contribution in [1.82, 2.24) is 15.1 Å². The van der Waals surface area contributed by atoms with E-state index in [0.717, 1.165) is 25.4 Å². The van der Waals surface area contributed by atoms with Gasteiger partial charge in [0.1, 0.15) is 6.61 Å². The van der Waals surface area contributed by atoms with E-state index in [9.17, 15) is 0 Å². The highest BCUT2D eigenvalue weighted by Gasteiger charge is 1.97. The molecule has 1 N–H and O–H groups in total. The highest BCUT2D eigenvalue weighted by Crippen LogP contribution is 2.08. The van der Waals surface area contributed by atoms with E-state index in [-0.39, 0.29) is 0 Å². The Balaban J connectivity index is 1.60. The van der Waals surface area contributed by atoms with Crippen LogP contribution in [-0.4, -0.2) is 22.9 Å². The zero-order valence-electron chi connectivity index (χ0n) is 9.93. The average Bonchev–Trinajstić information content (AvgIpc) is 2.99. The standard InChI is InChI=1S/C12H17N3OS/c1-2-15-10-11(8-14-15)16-6-5-13-9-12-4-3-7-17-12/h3-4,7-8,10,13H,2,5-6,9H2,1H3. The van der Waals surface area contributed by atoms with Gasteiger partial charge < -0.3 is 10.1 Å². The first-order valence-corrected chi connectivity index (χ1v) is 6.65. The van der Waals surface area contributed by atoms with Crippen molar-refractivity contribution < 1.29 is 4.74 Å². The van der Waals surface area contributed by atoms with Gasteiger partial charge in [-0.1, -0.05) is 6.07 Å². The summed E-state index contributed by atoms with van der Waals surface area (Å²) in [6.07, 6.45) is 3.67. The van der Waals surface area contributed by atoms with Gasteiger partial charge in [0, 0.05) is 24.5 Å². The molecule has 4 nitrogen and oxygen atoms in total. The summed E-state index contributed by atoms with van der Waals surface area (Å²) in [5, 5.41) is 9.57. The van der Waals surface area contributed by atoms with E-state index in [0.29, 0.717) is 6.61 Å². The Bertz CT molecular complexity index is 425. The second-order valence-electron chi connectivity index (χ2n) is 3.64. The number of nitrogens with one attached hydrogen (secondary N) is 1. The molecule has 2 aromatic rings. The number of hydrogen-bond donors (Lipinski definition) is 1. The Hall–Kier alpha value is -1.33. The predicted molar refractivity (Wildman–Crippen MR) is 69.4 cm³/mol. The van der Waals surface area contributed by atoms with Crippen molar-refractivity contribution in [3.63, 3.8) is 0 Å². The van der Waals surface area contributed by atoms with Crippen LogP contribution in [0.1, 0.15) is 11.8 Å². The van der Waals surface area contributed by atoms with Gasteiger partial charge >= 0.3 is 0 Å². The highest BCUT2D eigenvalue weighted by atomic mass is 32.1. The van der Waals surface area contributed by atoms with Crippen molar-refractivity contribution in [3.8, 4) is 5.75 Å². The van der Waals surface area contributed by atoms with Crippen LogP contribution in [0.5, 0.6) is 5.75 Å². The van der Waals surface area contributed by atoms with Crippen molar-refractivity contribution >= 4 is 11.3 Å². The molecular formula is C12H17N3OS. The summed E-state index contributed by atoms with van der Waals surface area (Å²) in [6.45, 7) is 5.35. The van der Waals surface area contributed by atoms with Crippen LogP contribution in [0.2, 0.25) is 0 Å². The number of thiophene rings is 1. The van der Waals surface area contributed by atoms with Gasteiger partial charge in [-0.15, -0.1) is 11.3 Å². The maximum atomic E-state index is 5.57. The molecule has 5 heteroatoms. The van der Waals surface area contributed by atoms with Gasteiger partial charge in [0.05, 0.1) is 12.4 Å². The van der Waals surface area contributed by atoms with Crippen molar-refractivity contribution in [2.24, 2.45) is 0 Å². The fourth-order valence-corrected chi connectivity index (χ4v) is 2.13. The van der Waals surface area contributed by atoms with Crippen LogP contribution >= 0.6 is 11.3 Å². The van der Waals surface area contributed by atoms with Gasteiger partial charge in [0.2, 0.25) is 0 Å². The van der Waals surface area contributed by atoms with E-state index in [4.69, 9.17) is 4.74 Å². The quantitative estimate of drug-likeness (QED) is 0.766. The number of aryl methyl sites for hydroxylation is 1. The van der Waals surface area contributed by atoms with E-state index < -0.39 is 0 Å². The molecular weight excluding hydrogens is 234 g/mol. The van der Waals surface area contributed by atoms with E-state index >= 15 is 0 Å². The Morgan fingerprint density at radius 1 is 1.53 bits per heavy atom. The third-order valence-corrected chi connectivity index (χ3v) is 3.24. The van der Waals surface area contributed by atoms with E-state index in [2.05, 4.69) is 34.9 Å². The van der Waals surface area contributed by atoms with Gasteiger partial charge in [0.15, 0.2) is 5.75 Å². The number of aromatic nitrogens is 2. The molecule has 0 atom stereocenters. The minimum atomic E-state index is 0.667. The zero-order valence-corrected chi connectivity index (χ0v) is 10.7. The highest BCUT2D eigenvalue weighted by molar-refractivity contribution is 7.09. The molecule has 2 aromatic heterocycles. The van der Waals surface area contributed by atoms with Crippen molar-refractivity contribution in [1.29, 1.82) is 0 Å². The number of rotatable bonds is 7.